The summed E-state index contributed by atoms with van der Waals surface area (Å²) in [6.07, 6.45) is 2.18. The average Bonchev–Trinajstić information content (AvgIpc) is 2.48. The van der Waals surface area contributed by atoms with Crippen LogP contribution in [0.5, 0.6) is 0 Å². The smallest absolute Gasteiger partial charge is 0.340 e. The number of anilines is 1. The van der Waals surface area contributed by atoms with E-state index >= 15 is 0 Å². The highest BCUT2D eigenvalue weighted by Gasteiger charge is 2.21. The minimum atomic E-state index is -1.17. The van der Waals surface area contributed by atoms with E-state index in [2.05, 4.69) is 22.0 Å². The van der Waals surface area contributed by atoms with Gasteiger partial charge >= 0.3 is 5.97 Å². The van der Waals surface area contributed by atoms with Gasteiger partial charge in [0.15, 0.2) is 11.6 Å². The van der Waals surface area contributed by atoms with Crippen molar-refractivity contribution in [3.05, 3.63) is 29.3 Å². The number of piperidine rings is 1. The molecule has 0 radical (unpaired) electrons. The second kappa shape index (κ2) is 6.85. The Hall–Kier alpha value is -1.69. The SMILES string of the molecule is COC(=O)c1ccc(NCC2CCCN(C)C2)c(F)c1F. The van der Waals surface area contributed by atoms with Crippen LogP contribution >= 0.6 is 0 Å². The number of nitrogens with one attached hydrogen (secondary N) is 1. The zero-order valence-electron chi connectivity index (χ0n) is 12.3. The van der Waals surface area contributed by atoms with Crippen molar-refractivity contribution in [2.75, 3.05) is 39.1 Å². The molecule has 2 rings (SSSR count). The van der Waals surface area contributed by atoms with Gasteiger partial charge in [-0.15, -0.1) is 0 Å². The molecular formula is C15H20F2N2O2. The van der Waals surface area contributed by atoms with Crippen molar-refractivity contribution in [2.45, 2.75) is 12.8 Å². The Labute approximate surface area is 123 Å². The summed E-state index contributed by atoms with van der Waals surface area (Å²) in [6.45, 7) is 2.60. The quantitative estimate of drug-likeness (QED) is 0.867. The fraction of sp³-hybridized carbons (Fsp3) is 0.533. The van der Waals surface area contributed by atoms with E-state index in [1.54, 1.807) is 0 Å². The molecule has 1 N–H and O–H groups in total. The topological polar surface area (TPSA) is 41.6 Å². The minimum Gasteiger partial charge on any atom is -0.465 e. The molecule has 6 heteroatoms. The first-order valence-corrected chi connectivity index (χ1v) is 7.01. The number of ether oxygens (including phenoxy) is 1. The van der Waals surface area contributed by atoms with Crippen LogP contribution in [0.4, 0.5) is 14.5 Å². The number of hydrogen-bond acceptors (Lipinski definition) is 4. The maximum atomic E-state index is 13.9. The fourth-order valence-electron chi connectivity index (χ4n) is 2.65. The average molecular weight is 298 g/mol. The summed E-state index contributed by atoms with van der Waals surface area (Å²) < 4.78 is 32.1. The van der Waals surface area contributed by atoms with Gasteiger partial charge < -0.3 is 15.0 Å². The van der Waals surface area contributed by atoms with Gasteiger partial charge in [-0.2, -0.15) is 0 Å². The van der Waals surface area contributed by atoms with E-state index in [1.165, 1.54) is 12.1 Å². The maximum absolute atomic E-state index is 13.9. The van der Waals surface area contributed by atoms with Gasteiger partial charge in [0, 0.05) is 13.1 Å². The molecule has 1 saturated heterocycles. The number of nitrogens with zero attached hydrogens (tertiary/aromatic N) is 1. The van der Waals surface area contributed by atoms with Crippen LogP contribution in [0.2, 0.25) is 0 Å². The third-order valence-corrected chi connectivity index (χ3v) is 3.79. The third-order valence-electron chi connectivity index (χ3n) is 3.79. The first kappa shape index (κ1) is 15.7. The third kappa shape index (κ3) is 3.69. The lowest BCUT2D eigenvalue weighted by molar-refractivity contribution is 0.0594. The number of carbonyl (C=O) groups excluding carboxylic acids is 1. The molecule has 0 saturated carbocycles. The number of likely N-dealkylation sites (tertiary alicyclic amines) is 1. The van der Waals surface area contributed by atoms with Crippen LogP contribution in [0.25, 0.3) is 0 Å². The maximum Gasteiger partial charge on any atom is 0.340 e. The first-order valence-electron chi connectivity index (χ1n) is 7.01. The van der Waals surface area contributed by atoms with Crippen LogP contribution < -0.4 is 5.32 Å². The molecule has 1 unspecified atom stereocenters. The number of rotatable bonds is 4. The second-order valence-electron chi connectivity index (χ2n) is 5.43. The van der Waals surface area contributed by atoms with Gasteiger partial charge in [0.2, 0.25) is 0 Å². The van der Waals surface area contributed by atoms with Crippen LogP contribution in [-0.2, 0) is 4.74 Å². The highest BCUT2D eigenvalue weighted by atomic mass is 19.2. The molecule has 1 aliphatic rings. The molecule has 0 aromatic heterocycles. The van der Waals surface area contributed by atoms with Gasteiger partial charge in [-0.25, -0.2) is 13.6 Å². The summed E-state index contributed by atoms with van der Waals surface area (Å²) in [4.78, 5) is 13.5. The molecular weight excluding hydrogens is 278 g/mol. The second-order valence-corrected chi connectivity index (χ2v) is 5.43. The van der Waals surface area contributed by atoms with Crippen LogP contribution in [0, 0.1) is 17.6 Å². The van der Waals surface area contributed by atoms with Gasteiger partial charge in [0.25, 0.3) is 0 Å². The van der Waals surface area contributed by atoms with E-state index in [-0.39, 0.29) is 5.69 Å². The minimum absolute atomic E-state index is 0.0772. The largest absolute Gasteiger partial charge is 0.465 e. The Balaban J connectivity index is 2.04. The van der Waals surface area contributed by atoms with Crippen LogP contribution in [0.1, 0.15) is 23.2 Å². The zero-order chi connectivity index (χ0) is 15.4. The van der Waals surface area contributed by atoms with E-state index in [0.717, 1.165) is 33.0 Å². The lowest BCUT2D eigenvalue weighted by Crippen LogP contribution is -2.35. The van der Waals surface area contributed by atoms with Gasteiger partial charge in [-0.1, -0.05) is 0 Å². The molecule has 1 heterocycles. The van der Waals surface area contributed by atoms with E-state index < -0.39 is 23.2 Å². The van der Waals surface area contributed by atoms with Crippen molar-refractivity contribution in [3.63, 3.8) is 0 Å². The van der Waals surface area contributed by atoms with E-state index in [1.807, 2.05) is 0 Å². The molecule has 1 atom stereocenters. The Morgan fingerprint density at radius 3 is 2.86 bits per heavy atom. The standard InChI is InChI=1S/C15H20F2N2O2/c1-19-7-3-4-10(9-19)8-18-12-6-5-11(15(20)21-2)13(16)14(12)17/h5-6,10,18H,3-4,7-9H2,1-2H3. The van der Waals surface area contributed by atoms with Gasteiger partial charge in [0.05, 0.1) is 18.4 Å². The zero-order valence-corrected chi connectivity index (χ0v) is 12.3. The highest BCUT2D eigenvalue weighted by molar-refractivity contribution is 5.90. The lowest BCUT2D eigenvalue weighted by Gasteiger charge is -2.30. The van der Waals surface area contributed by atoms with Gasteiger partial charge in [0.1, 0.15) is 0 Å². The molecule has 0 aliphatic carbocycles. The molecule has 1 fully saturated rings. The summed E-state index contributed by atoms with van der Waals surface area (Å²) in [5.41, 5.74) is -0.314. The monoisotopic (exact) mass is 298 g/mol. The predicted octanol–water partition coefficient (Wildman–Crippen LogP) is 2.51. The number of carbonyl (C=O) groups is 1. The molecule has 4 nitrogen and oxygen atoms in total. The fourth-order valence-corrected chi connectivity index (χ4v) is 2.65. The van der Waals surface area contributed by atoms with Crippen molar-refractivity contribution < 1.29 is 18.3 Å². The number of esters is 1. The van der Waals surface area contributed by atoms with Crippen molar-refractivity contribution in [3.8, 4) is 0 Å². The number of halogens is 2. The molecule has 1 aromatic carbocycles. The van der Waals surface area contributed by atoms with Crippen LogP contribution in [-0.4, -0.2) is 44.7 Å². The van der Waals surface area contributed by atoms with Gasteiger partial charge in [-0.3, -0.25) is 0 Å². The van der Waals surface area contributed by atoms with Crippen molar-refractivity contribution >= 4 is 11.7 Å². The van der Waals surface area contributed by atoms with E-state index in [4.69, 9.17) is 0 Å². The molecule has 0 amide bonds. The summed E-state index contributed by atoms with van der Waals surface area (Å²) >= 11 is 0. The molecule has 1 aromatic rings. The van der Waals surface area contributed by atoms with E-state index in [9.17, 15) is 13.6 Å². The normalized spacial score (nSPS) is 19.3. The lowest BCUT2D eigenvalue weighted by atomic mass is 9.98. The highest BCUT2D eigenvalue weighted by Crippen LogP contribution is 2.23. The van der Waals surface area contributed by atoms with E-state index in [0.29, 0.717) is 12.5 Å². The molecule has 1 aliphatic heterocycles. The van der Waals surface area contributed by atoms with Crippen molar-refractivity contribution in [1.82, 2.24) is 4.90 Å². The first-order chi connectivity index (χ1) is 10.0. The Bertz CT molecular complexity index is 523. The predicted molar refractivity (Wildman–Crippen MR) is 76.4 cm³/mol. The summed E-state index contributed by atoms with van der Waals surface area (Å²) in [5.74, 6) is -2.69. The molecule has 116 valence electrons. The number of methoxy groups -OCH3 is 1. The summed E-state index contributed by atoms with van der Waals surface area (Å²) in [7, 11) is 3.18. The van der Waals surface area contributed by atoms with Crippen LogP contribution in [0.3, 0.4) is 0 Å². The molecule has 0 bridgehead atoms. The van der Waals surface area contributed by atoms with Crippen LogP contribution in [0.15, 0.2) is 12.1 Å². The van der Waals surface area contributed by atoms with Crippen molar-refractivity contribution in [2.24, 2.45) is 5.92 Å². The molecule has 21 heavy (non-hydrogen) atoms. The van der Waals surface area contributed by atoms with Gasteiger partial charge in [-0.05, 0) is 44.5 Å². The number of hydrogen-bond donors (Lipinski definition) is 1. The summed E-state index contributed by atoms with van der Waals surface area (Å²) in [6, 6.07) is 2.61. The van der Waals surface area contributed by atoms with Crippen molar-refractivity contribution in [1.29, 1.82) is 0 Å². The molecule has 0 spiro atoms. The Morgan fingerprint density at radius 1 is 1.43 bits per heavy atom. The number of benzene rings is 1. The summed E-state index contributed by atoms with van der Waals surface area (Å²) in [5, 5.41) is 2.93. The Morgan fingerprint density at radius 2 is 2.19 bits per heavy atom. The Kier molecular flexibility index (Phi) is 5.12.